The summed E-state index contributed by atoms with van der Waals surface area (Å²) in [5.74, 6) is 1.73. The molecule has 0 aliphatic carbocycles. The predicted octanol–water partition coefficient (Wildman–Crippen LogP) is 3.42. The second-order valence-electron chi connectivity index (χ2n) is 5.12. The van der Waals surface area contributed by atoms with Crippen molar-refractivity contribution in [3.63, 3.8) is 0 Å². The molecule has 2 rings (SSSR count). The number of methoxy groups -OCH3 is 1. The van der Waals surface area contributed by atoms with Crippen molar-refractivity contribution in [1.82, 2.24) is 5.32 Å². The highest BCUT2D eigenvalue weighted by molar-refractivity contribution is 7.98. The van der Waals surface area contributed by atoms with Crippen LogP contribution < -0.4 is 10.1 Å². The minimum Gasteiger partial charge on any atom is -0.497 e. The second-order valence-corrected chi connectivity index (χ2v) is 6.03. The molecular weight excluding hydrogens is 294 g/mol. The third-order valence-corrected chi connectivity index (χ3v) is 4.24. The third-order valence-electron chi connectivity index (χ3n) is 3.57. The Bertz CT molecular complexity index is 562. The summed E-state index contributed by atoms with van der Waals surface area (Å²) >= 11 is 1.79. The topological polar surface area (TPSA) is 41.5 Å². The highest BCUT2D eigenvalue weighted by Crippen LogP contribution is 2.21. The molecule has 3 nitrogen and oxygen atoms in total. The van der Waals surface area contributed by atoms with Crippen LogP contribution in [-0.4, -0.2) is 30.8 Å². The van der Waals surface area contributed by atoms with Crippen molar-refractivity contribution in [3.8, 4) is 5.75 Å². The summed E-state index contributed by atoms with van der Waals surface area (Å²) in [6.07, 6.45) is 1.54. The quantitative estimate of drug-likeness (QED) is 0.783. The maximum absolute atomic E-state index is 10.4. The summed E-state index contributed by atoms with van der Waals surface area (Å²) in [6, 6.07) is 18.1. The SMILES string of the molecule is COc1cccc(C(O)CNC(CSC)c2ccccc2)c1. The number of nitrogens with one attached hydrogen (secondary N) is 1. The van der Waals surface area contributed by atoms with Crippen LogP contribution in [0.15, 0.2) is 54.6 Å². The summed E-state index contributed by atoms with van der Waals surface area (Å²) in [4.78, 5) is 0. The molecular formula is C18H23NO2S. The molecule has 2 N–H and O–H groups in total. The first-order chi connectivity index (χ1) is 10.7. The molecule has 0 aliphatic rings. The molecule has 2 aromatic carbocycles. The molecule has 2 atom stereocenters. The molecule has 0 bridgehead atoms. The van der Waals surface area contributed by atoms with Crippen LogP contribution in [-0.2, 0) is 0 Å². The minimum atomic E-state index is -0.553. The molecule has 0 saturated heterocycles. The van der Waals surface area contributed by atoms with Crippen molar-refractivity contribution in [3.05, 3.63) is 65.7 Å². The van der Waals surface area contributed by atoms with Crippen LogP contribution in [0.3, 0.4) is 0 Å². The maximum atomic E-state index is 10.4. The average molecular weight is 317 g/mol. The first-order valence-electron chi connectivity index (χ1n) is 7.34. The molecule has 0 saturated carbocycles. The molecule has 2 aromatic rings. The van der Waals surface area contributed by atoms with E-state index in [1.807, 2.05) is 42.5 Å². The van der Waals surface area contributed by atoms with E-state index in [0.717, 1.165) is 17.1 Å². The fourth-order valence-corrected chi connectivity index (χ4v) is 2.99. The van der Waals surface area contributed by atoms with Gasteiger partial charge < -0.3 is 15.2 Å². The Hall–Kier alpha value is -1.49. The number of hydrogen-bond donors (Lipinski definition) is 2. The Morgan fingerprint density at radius 2 is 1.82 bits per heavy atom. The van der Waals surface area contributed by atoms with E-state index in [9.17, 15) is 5.11 Å². The smallest absolute Gasteiger partial charge is 0.119 e. The highest BCUT2D eigenvalue weighted by Gasteiger charge is 2.14. The zero-order valence-corrected chi connectivity index (χ0v) is 13.8. The van der Waals surface area contributed by atoms with Crippen molar-refractivity contribution in [2.75, 3.05) is 25.7 Å². The van der Waals surface area contributed by atoms with Crippen molar-refractivity contribution < 1.29 is 9.84 Å². The van der Waals surface area contributed by atoms with Crippen LogP contribution in [0, 0.1) is 0 Å². The lowest BCUT2D eigenvalue weighted by molar-refractivity contribution is 0.170. The van der Waals surface area contributed by atoms with Gasteiger partial charge in [0.15, 0.2) is 0 Å². The molecule has 4 heteroatoms. The van der Waals surface area contributed by atoms with Gasteiger partial charge in [0.05, 0.1) is 13.2 Å². The number of aliphatic hydroxyl groups is 1. The minimum absolute atomic E-state index is 0.233. The Kier molecular flexibility index (Phi) is 6.77. The fraction of sp³-hybridized carbons (Fsp3) is 0.333. The molecule has 2 unspecified atom stereocenters. The van der Waals surface area contributed by atoms with E-state index in [1.165, 1.54) is 5.56 Å². The summed E-state index contributed by atoms with van der Waals surface area (Å²) in [6.45, 7) is 0.507. The molecule has 0 amide bonds. The fourth-order valence-electron chi connectivity index (χ4n) is 2.35. The maximum Gasteiger partial charge on any atom is 0.119 e. The van der Waals surface area contributed by atoms with E-state index in [0.29, 0.717) is 6.54 Å². The molecule has 0 aromatic heterocycles. The number of ether oxygens (including phenoxy) is 1. The highest BCUT2D eigenvalue weighted by atomic mass is 32.2. The molecule has 118 valence electrons. The van der Waals surface area contributed by atoms with Gasteiger partial charge in [0.1, 0.15) is 5.75 Å². The first kappa shape index (κ1) is 16.9. The van der Waals surface area contributed by atoms with Crippen LogP contribution in [0.25, 0.3) is 0 Å². The largest absolute Gasteiger partial charge is 0.497 e. The summed E-state index contributed by atoms with van der Waals surface area (Å²) in [5.41, 5.74) is 2.11. The molecule has 0 aliphatic heterocycles. The Morgan fingerprint density at radius 1 is 1.09 bits per heavy atom. The van der Waals surface area contributed by atoms with Crippen LogP contribution in [0.5, 0.6) is 5.75 Å². The summed E-state index contributed by atoms with van der Waals surface area (Å²) in [5, 5.41) is 13.8. The van der Waals surface area contributed by atoms with Gasteiger partial charge in [-0.25, -0.2) is 0 Å². The van der Waals surface area contributed by atoms with Gasteiger partial charge in [-0.1, -0.05) is 42.5 Å². The number of benzene rings is 2. The lowest BCUT2D eigenvalue weighted by atomic mass is 10.1. The summed E-state index contributed by atoms with van der Waals surface area (Å²) in [7, 11) is 1.63. The lowest BCUT2D eigenvalue weighted by Gasteiger charge is -2.21. The molecule has 0 fully saturated rings. The van der Waals surface area contributed by atoms with E-state index in [1.54, 1.807) is 18.9 Å². The van der Waals surface area contributed by atoms with E-state index < -0.39 is 6.10 Å². The van der Waals surface area contributed by atoms with Crippen LogP contribution >= 0.6 is 11.8 Å². The monoisotopic (exact) mass is 317 g/mol. The predicted molar refractivity (Wildman–Crippen MR) is 93.5 cm³/mol. The van der Waals surface area contributed by atoms with Gasteiger partial charge in [-0.3, -0.25) is 0 Å². The van der Waals surface area contributed by atoms with E-state index in [4.69, 9.17) is 4.74 Å². The normalized spacial score (nSPS) is 13.6. The third kappa shape index (κ3) is 4.77. The van der Waals surface area contributed by atoms with Crippen molar-refractivity contribution in [2.45, 2.75) is 12.1 Å². The Labute approximate surface area is 136 Å². The second kappa shape index (κ2) is 8.83. The Balaban J connectivity index is 1.99. The van der Waals surface area contributed by atoms with Crippen molar-refractivity contribution in [1.29, 1.82) is 0 Å². The van der Waals surface area contributed by atoms with Crippen molar-refractivity contribution in [2.24, 2.45) is 0 Å². The van der Waals surface area contributed by atoms with Crippen LogP contribution in [0.1, 0.15) is 23.3 Å². The van der Waals surface area contributed by atoms with Gasteiger partial charge in [-0.2, -0.15) is 11.8 Å². The Morgan fingerprint density at radius 3 is 2.50 bits per heavy atom. The van der Waals surface area contributed by atoms with Gasteiger partial charge in [0, 0.05) is 18.3 Å². The van der Waals surface area contributed by atoms with Gasteiger partial charge in [-0.05, 0) is 29.5 Å². The van der Waals surface area contributed by atoms with E-state index >= 15 is 0 Å². The van der Waals surface area contributed by atoms with Gasteiger partial charge in [0.2, 0.25) is 0 Å². The zero-order chi connectivity index (χ0) is 15.8. The zero-order valence-electron chi connectivity index (χ0n) is 13.0. The standard InChI is InChI=1S/C18H23NO2S/c1-21-16-10-6-9-15(11-16)18(20)12-19-17(13-22-2)14-7-4-3-5-8-14/h3-11,17-20H,12-13H2,1-2H3. The van der Waals surface area contributed by atoms with Gasteiger partial charge >= 0.3 is 0 Å². The average Bonchev–Trinajstić information content (AvgIpc) is 2.59. The molecule has 0 radical (unpaired) electrons. The number of thioether (sulfide) groups is 1. The van der Waals surface area contributed by atoms with Crippen LogP contribution in [0.4, 0.5) is 0 Å². The molecule has 0 spiro atoms. The molecule has 22 heavy (non-hydrogen) atoms. The molecule has 0 heterocycles. The number of rotatable bonds is 8. The van der Waals surface area contributed by atoms with E-state index in [2.05, 4.69) is 23.7 Å². The van der Waals surface area contributed by atoms with Crippen molar-refractivity contribution >= 4 is 11.8 Å². The van der Waals surface area contributed by atoms with Gasteiger partial charge in [-0.15, -0.1) is 0 Å². The van der Waals surface area contributed by atoms with Gasteiger partial charge in [0.25, 0.3) is 0 Å². The van der Waals surface area contributed by atoms with Crippen LogP contribution in [0.2, 0.25) is 0 Å². The number of aliphatic hydroxyl groups excluding tert-OH is 1. The summed E-state index contributed by atoms with van der Waals surface area (Å²) < 4.78 is 5.20. The van der Waals surface area contributed by atoms with E-state index in [-0.39, 0.29) is 6.04 Å². The number of hydrogen-bond acceptors (Lipinski definition) is 4. The lowest BCUT2D eigenvalue weighted by Crippen LogP contribution is -2.28. The first-order valence-corrected chi connectivity index (χ1v) is 8.73.